The van der Waals surface area contributed by atoms with Crippen LogP contribution in [0.3, 0.4) is 0 Å². The molecule has 0 spiro atoms. The normalized spacial score (nSPS) is 11.0. The van der Waals surface area contributed by atoms with Crippen LogP contribution in [0.25, 0.3) is 0 Å². The van der Waals surface area contributed by atoms with E-state index in [-0.39, 0.29) is 18.1 Å². The van der Waals surface area contributed by atoms with Gasteiger partial charge in [-0.25, -0.2) is 14.4 Å². The van der Waals surface area contributed by atoms with Gasteiger partial charge in [-0.05, 0) is 147 Å². The SMILES string of the molecule is CCCCc1ccc(NC(=O)Nc2ccc(C)cc2CN(Cc2cc(C)ccc2NC(=O)Nc2ccc(CCCC)cc2)Cc2cc(C)ccc2NC(=O)Nc2ccc(CCCC)cc2)cc1. The van der Waals surface area contributed by atoms with Crippen LogP contribution in [0.2, 0.25) is 0 Å². The van der Waals surface area contributed by atoms with Crippen LogP contribution < -0.4 is 31.9 Å². The van der Waals surface area contributed by atoms with E-state index >= 15 is 0 Å². The van der Waals surface area contributed by atoms with Crippen molar-refractivity contribution in [2.75, 3.05) is 31.9 Å². The Morgan fingerprint density at radius 3 is 0.896 bits per heavy atom. The molecule has 0 aliphatic heterocycles. The van der Waals surface area contributed by atoms with Gasteiger partial charge in [0.05, 0.1) is 0 Å². The minimum absolute atomic E-state index is 0.337. The highest BCUT2D eigenvalue weighted by atomic mass is 16.2. The molecule has 0 bridgehead atoms. The van der Waals surface area contributed by atoms with Gasteiger partial charge in [-0.15, -0.1) is 0 Å². The quantitative estimate of drug-likeness (QED) is 0.0430. The molecule has 6 amide bonds. The molecule has 10 nitrogen and oxygen atoms in total. The third kappa shape index (κ3) is 15.9. The van der Waals surface area contributed by atoms with E-state index in [0.29, 0.717) is 53.8 Å². The molecule has 0 aromatic heterocycles. The maximum absolute atomic E-state index is 13.6. The van der Waals surface area contributed by atoms with Gasteiger partial charge in [0.25, 0.3) is 0 Å². The van der Waals surface area contributed by atoms with Gasteiger partial charge >= 0.3 is 18.1 Å². The number of nitrogens with zero attached hydrogens (tertiary/aromatic N) is 1. The van der Waals surface area contributed by atoms with Crippen molar-refractivity contribution in [2.45, 2.75) is 119 Å². The lowest BCUT2D eigenvalue weighted by Crippen LogP contribution is -2.27. The van der Waals surface area contributed by atoms with E-state index in [1.54, 1.807) is 0 Å². The van der Waals surface area contributed by atoms with Crippen LogP contribution in [0.15, 0.2) is 127 Å². The number of anilines is 6. The second-order valence-electron chi connectivity index (χ2n) is 17.8. The number of amides is 6. The van der Waals surface area contributed by atoms with E-state index in [2.05, 4.69) is 112 Å². The zero-order valence-electron chi connectivity index (χ0n) is 40.3. The minimum Gasteiger partial charge on any atom is -0.308 e. The van der Waals surface area contributed by atoms with Crippen LogP contribution >= 0.6 is 0 Å². The van der Waals surface area contributed by atoms with Crippen molar-refractivity contribution < 1.29 is 14.4 Å². The van der Waals surface area contributed by atoms with Crippen molar-refractivity contribution >= 4 is 52.2 Å². The van der Waals surface area contributed by atoms with Crippen LogP contribution in [0.4, 0.5) is 48.5 Å². The van der Waals surface area contributed by atoms with Crippen molar-refractivity contribution in [3.63, 3.8) is 0 Å². The summed E-state index contributed by atoms with van der Waals surface area (Å²) in [6.07, 6.45) is 9.77. The van der Waals surface area contributed by atoms with Crippen LogP contribution in [0.5, 0.6) is 0 Å². The number of carbonyl (C=O) groups is 3. The molecule has 350 valence electrons. The molecule has 67 heavy (non-hydrogen) atoms. The molecule has 0 fully saturated rings. The zero-order valence-corrected chi connectivity index (χ0v) is 40.3. The summed E-state index contributed by atoms with van der Waals surface area (Å²) in [6.45, 7) is 13.9. The topological polar surface area (TPSA) is 127 Å². The van der Waals surface area contributed by atoms with Crippen LogP contribution in [0.1, 0.15) is 109 Å². The summed E-state index contributed by atoms with van der Waals surface area (Å²) in [5.74, 6) is 0. The fourth-order valence-corrected chi connectivity index (χ4v) is 8.08. The highest BCUT2D eigenvalue weighted by Gasteiger charge is 2.19. The molecule has 0 heterocycles. The van der Waals surface area contributed by atoms with Gasteiger partial charge in [-0.2, -0.15) is 0 Å². The standard InChI is InChI=1S/C57H69N7O3/c1-7-10-13-43-19-25-49(26-20-43)58-55(65)61-52-31-16-40(4)34-46(52)37-64(38-47-35-41(5)17-32-53(47)62-56(66)59-50-27-21-44(22-28-50)14-11-8-2)39-48-36-42(6)18-33-54(48)63-57(67)60-51-29-23-45(24-30-51)15-12-9-3/h16-36H,7-15,37-39H2,1-6H3,(H2,58,61,65)(H2,59,62,66)(H2,60,63,67). The number of aryl methyl sites for hydroxylation is 6. The smallest absolute Gasteiger partial charge is 0.308 e. The molecule has 0 aliphatic carbocycles. The van der Waals surface area contributed by atoms with E-state index in [4.69, 9.17) is 0 Å². The Kier molecular flexibility index (Phi) is 18.6. The number of benzene rings is 6. The minimum atomic E-state index is -0.337. The molecular formula is C57H69N7O3. The first-order chi connectivity index (χ1) is 32.5. The Hall–Kier alpha value is -6.91. The summed E-state index contributed by atoms with van der Waals surface area (Å²) in [6, 6.07) is 41.1. The van der Waals surface area contributed by atoms with Gasteiger partial charge < -0.3 is 31.9 Å². The highest BCUT2D eigenvalue weighted by molar-refractivity contribution is 6.01. The summed E-state index contributed by atoms with van der Waals surface area (Å²) < 4.78 is 0. The van der Waals surface area contributed by atoms with E-state index in [1.807, 2.05) is 93.6 Å². The Morgan fingerprint density at radius 2 is 0.642 bits per heavy atom. The number of unbranched alkanes of at least 4 members (excludes halogenated alkanes) is 3. The predicted octanol–water partition coefficient (Wildman–Crippen LogP) is 14.8. The third-order valence-corrected chi connectivity index (χ3v) is 11.8. The molecule has 10 heteroatoms. The van der Waals surface area contributed by atoms with Crippen molar-refractivity contribution in [3.05, 3.63) is 177 Å². The van der Waals surface area contributed by atoms with Gasteiger partial charge in [0.15, 0.2) is 0 Å². The Morgan fingerprint density at radius 1 is 0.373 bits per heavy atom. The molecule has 0 unspecified atom stereocenters. The average molecular weight is 900 g/mol. The number of nitrogens with one attached hydrogen (secondary N) is 6. The lowest BCUT2D eigenvalue weighted by atomic mass is 10.0. The number of hydrogen-bond acceptors (Lipinski definition) is 4. The lowest BCUT2D eigenvalue weighted by molar-refractivity contribution is 0.248. The molecule has 6 N–H and O–H groups in total. The molecule has 6 aromatic rings. The summed E-state index contributed by atoms with van der Waals surface area (Å²) in [4.78, 5) is 43.0. The fraction of sp³-hybridized carbons (Fsp3) is 0.316. The first-order valence-electron chi connectivity index (χ1n) is 24.0. The average Bonchev–Trinajstić information content (AvgIpc) is 3.31. The first kappa shape index (κ1) is 49.5. The fourth-order valence-electron chi connectivity index (χ4n) is 8.08. The third-order valence-electron chi connectivity index (χ3n) is 11.8. The van der Waals surface area contributed by atoms with E-state index in [0.717, 1.165) is 91.2 Å². The zero-order chi connectivity index (χ0) is 47.5. The molecule has 6 aromatic carbocycles. The van der Waals surface area contributed by atoms with Crippen LogP contribution in [0, 0.1) is 20.8 Å². The molecule has 0 aliphatic rings. The number of rotatable bonds is 21. The number of hydrogen-bond donors (Lipinski definition) is 6. The Bertz CT molecular complexity index is 2270. The molecule has 0 saturated carbocycles. The van der Waals surface area contributed by atoms with Gasteiger partial charge in [0, 0.05) is 53.8 Å². The van der Waals surface area contributed by atoms with Gasteiger partial charge in [-0.1, -0.05) is 130 Å². The molecule has 6 rings (SSSR count). The van der Waals surface area contributed by atoms with Gasteiger partial charge in [0.1, 0.15) is 0 Å². The summed E-state index contributed by atoms with van der Waals surface area (Å²) in [5.41, 5.74) is 13.8. The lowest BCUT2D eigenvalue weighted by Gasteiger charge is -2.27. The van der Waals surface area contributed by atoms with Crippen LogP contribution in [-0.4, -0.2) is 23.0 Å². The molecular weight excluding hydrogens is 831 g/mol. The molecule has 0 saturated heterocycles. The Balaban J connectivity index is 1.27. The largest absolute Gasteiger partial charge is 0.323 e. The van der Waals surface area contributed by atoms with Crippen LogP contribution in [-0.2, 0) is 38.9 Å². The maximum atomic E-state index is 13.6. The number of urea groups is 3. The second kappa shape index (κ2) is 25.1. The van der Waals surface area contributed by atoms with Crippen molar-refractivity contribution in [2.24, 2.45) is 0 Å². The Labute approximate surface area is 398 Å². The summed E-state index contributed by atoms with van der Waals surface area (Å²) >= 11 is 0. The first-order valence-corrected chi connectivity index (χ1v) is 24.0. The predicted molar refractivity (Wildman–Crippen MR) is 280 cm³/mol. The van der Waals surface area contributed by atoms with Gasteiger partial charge in [0.2, 0.25) is 0 Å². The number of carbonyl (C=O) groups excluding carboxylic acids is 3. The summed E-state index contributed by atoms with van der Waals surface area (Å²) in [7, 11) is 0. The monoisotopic (exact) mass is 900 g/mol. The maximum Gasteiger partial charge on any atom is 0.323 e. The van der Waals surface area contributed by atoms with E-state index < -0.39 is 0 Å². The van der Waals surface area contributed by atoms with Crippen molar-refractivity contribution in [1.82, 2.24) is 4.90 Å². The van der Waals surface area contributed by atoms with Gasteiger partial charge in [-0.3, -0.25) is 4.90 Å². The second-order valence-corrected chi connectivity index (χ2v) is 17.8. The highest BCUT2D eigenvalue weighted by Crippen LogP contribution is 2.28. The summed E-state index contributed by atoms with van der Waals surface area (Å²) in [5, 5.41) is 18.4. The van der Waals surface area contributed by atoms with E-state index in [9.17, 15) is 14.4 Å². The van der Waals surface area contributed by atoms with Crippen molar-refractivity contribution in [1.29, 1.82) is 0 Å². The molecule has 0 atom stereocenters. The molecule has 0 radical (unpaired) electrons. The van der Waals surface area contributed by atoms with E-state index in [1.165, 1.54) is 16.7 Å². The van der Waals surface area contributed by atoms with Crippen molar-refractivity contribution in [3.8, 4) is 0 Å².